The monoisotopic (exact) mass is 371 g/mol. The molecule has 2 N–H and O–H groups in total. The Labute approximate surface area is 159 Å². The van der Waals surface area contributed by atoms with Gasteiger partial charge in [-0.25, -0.2) is 4.39 Å². The standard InChI is InChI=1S/C21H26FN3O2/c1-2-27-13-5-11-23-21(24-19-14-18(22)8-9-20(19)26)25-12-10-16-6-3-4-7-17(16)15-25/h3-4,6-9,14,26H,2,5,10-13,15H2,1H3,(H,23,24). The molecule has 144 valence electrons. The topological polar surface area (TPSA) is 57.1 Å². The fourth-order valence-corrected chi connectivity index (χ4v) is 3.12. The van der Waals surface area contributed by atoms with Gasteiger partial charge in [0.15, 0.2) is 5.96 Å². The fourth-order valence-electron chi connectivity index (χ4n) is 3.12. The second kappa shape index (κ2) is 9.37. The lowest BCUT2D eigenvalue weighted by Crippen LogP contribution is -2.40. The Bertz CT molecular complexity index is 795. The lowest BCUT2D eigenvalue weighted by atomic mass is 10.0. The maximum atomic E-state index is 13.6. The maximum Gasteiger partial charge on any atom is 0.198 e. The van der Waals surface area contributed by atoms with Crippen molar-refractivity contribution in [2.24, 2.45) is 4.99 Å². The lowest BCUT2D eigenvalue weighted by Gasteiger charge is -2.32. The number of phenols is 1. The number of halogens is 1. The summed E-state index contributed by atoms with van der Waals surface area (Å²) in [6, 6.07) is 12.2. The predicted molar refractivity (Wildman–Crippen MR) is 106 cm³/mol. The molecule has 0 fully saturated rings. The van der Waals surface area contributed by atoms with Crippen molar-refractivity contribution in [3.63, 3.8) is 0 Å². The van der Waals surface area contributed by atoms with Gasteiger partial charge in [0.1, 0.15) is 11.6 Å². The molecule has 1 aliphatic rings. The summed E-state index contributed by atoms with van der Waals surface area (Å²) in [7, 11) is 0. The van der Waals surface area contributed by atoms with Crippen molar-refractivity contribution < 1.29 is 14.2 Å². The highest BCUT2D eigenvalue weighted by molar-refractivity contribution is 5.95. The number of fused-ring (bicyclic) bond motifs is 1. The number of aromatic hydroxyl groups is 1. The molecule has 0 unspecified atom stereocenters. The van der Waals surface area contributed by atoms with E-state index < -0.39 is 5.82 Å². The van der Waals surface area contributed by atoms with Gasteiger partial charge in [0.05, 0.1) is 5.69 Å². The van der Waals surface area contributed by atoms with Crippen molar-refractivity contribution in [1.29, 1.82) is 0 Å². The predicted octanol–water partition coefficient (Wildman–Crippen LogP) is 3.78. The molecule has 0 radical (unpaired) electrons. The van der Waals surface area contributed by atoms with Crippen molar-refractivity contribution in [2.45, 2.75) is 26.3 Å². The second-order valence-corrected chi connectivity index (χ2v) is 6.48. The Balaban J connectivity index is 1.77. The van der Waals surface area contributed by atoms with E-state index in [2.05, 4.69) is 33.4 Å². The van der Waals surface area contributed by atoms with Crippen LogP contribution in [0.1, 0.15) is 24.5 Å². The first-order valence-electron chi connectivity index (χ1n) is 9.37. The summed E-state index contributed by atoms with van der Waals surface area (Å²) in [6.45, 7) is 5.44. The number of phenolic OH excluding ortho intramolecular Hbond substituents is 1. The second-order valence-electron chi connectivity index (χ2n) is 6.48. The highest BCUT2D eigenvalue weighted by Crippen LogP contribution is 2.25. The number of aliphatic imine (C=N–C) groups is 1. The number of hydrogen-bond donors (Lipinski definition) is 2. The van der Waals surface area contributed by atoms with Gasteiger partial charge in [-0.1, -0.05) is 24.3 Å². The summed E-state index contributed by atoms with van der Waals surface area (Å²) in [6.07, 6.45) is 1.73. The molecule has 27 heavy (non-hydrogen) atoms. The van der Waals surface area contributed by atoms with Crippen LogP contribution in [0.15, 0.2) is 47.5 Å². The van der Waals surface area contributed by atoms with Gasteiger partial charge in [-0.15, -0.1) is 0 Å². The minimum absolute atomic E-state index is 0.00386. The maximum absolute atomic E-state index is 13.6. The number of nitrogens with zero attached hydrogens (tertiary/aromatic N) is 2. The Morgan fingerprint density at radius 1 is 1.26 bits per heavy atom. The van der Waals surface area contributed by atoms with Crippen LogP contribution in [0, 0.1) is 5.82 Å². The van der Waals surface area contributed by atoms with Gasteiger partial charge in [0, 0.05) is 38.9 Å². The minimum Gasteiger partial charge on any atom is -0.506 e. The van der Waals surface area contributed by atoms with Crippen LogP contribution in [0.3, 0.4) is 0 Å². The van der Waals surface area contributed by atoms with Crippen molar-refractivity contribution in [1.82, 2.24) is 4.90 Å². The Hall–Kier alpha value is -2.60. The van der Waals surface area contributed by atoms with Crippen molar-refractivity contribution in [3.05, 3.63) is 59.4 Å². The summed E-state index contributed by atoms with van der Waals surface area (Å²) in [4.78, 5) is 6.81. The van der Waals surface area contributed by atoms with Crippen LogP contribution < -0.4 is 5.32 Å². The highest BCUT2D eigenvalue weighted by atomic mass is 19.1. The van der Waals surface area contributed by atoms with E-state index in [0.717, 1.165) is 25.9 Å². The van der Waals surface area contributed by atoms with Gasteiger partial charge >= 0.3 is 0 Å². The van der Waals surface area contributed by atoms with Crippen LogP contribution in [0.25, 0.3) is 0 Å². The highest BCUT2D eigenvalue weighted by Gasteiger charge is 2.20. The molecule has 1 heterocycles. The fraction of sp³-hybridized carbons (Fsp3) is 0.381. The largest absolute Gasteiger partial charge is 0.506 e. The van der Waals surface area contributed by atoms with Gasteiger partial charge < -0.3 is 20.1 Å². The number of benzene rings is 2. The molecular formula is C21H26FN3O2. The van der Waals surface area contributed by atoms with Gasteiger partial charge in [-0.05, 0) is 43.0 Å². The Morgan fingerprint density at radius 2 is 2.07 bits per heavy atom. The van der Waals surface area contributed by atoms with Crippen LogP contribution in [0.2, 0.25) is 0 Å². The van der Waals surface area contributed by atoms with Gasteiger partial charge in [0.2, 0.25) is 0 Å². The first kappa shape index (κ1) is 19.2. The number of rotatable bonds is 6. The zero-order valence-corrected chi connectivity index (χ0v) is 15.6. The van der Waals surface area contributed by atoms with Crippen LogP contribution >= 0.6 is 0 Å². The third kappa shape index (κ3) is 5.20. The molecule has 5 nitrogen and oxygen atoms in total. The summed E-state index contributed by atoms with van der Waals surface area (Å²) >= 11 is 0. The molecule has 2 aromatic rings. The smallest absolute Gasteiger partial charge is 0.198 e. The summed E-state index contributed by atoms with van der Waals surface area (Å²) in [5.74, 6) is 0.229. The van der Waals surface area contributed by atoms with E-state index in [1.807, 2.05) is 13.0 Å². The average Bonchev–Trinajstić information content (AvgIpc) is 2.69. The first-order chi connectivity index (χ1) is 13.2. The third-order valence-electron chi connectivity index (χ3n) is 4.55. The van der Waals surface area contributed by atoms with Crippen LogP contribution in [-0.4, -0.2) is 42.3 Å². The number of ether oxygens (including phenoxy) is 1. The number of nitrogens with one attached hydrogen (secondary N) is 1. The number of anilines is 1. The molecule has 0 atom stereocenters. The van der Waals surface area contributed by atoms with Crippen molar-refractivity contribution in [2.75, 3.05) is 31.6 Å². The van der Waals surface area contributed by atoms with E-state index in [1.54, 1.807) is 0 Å². The molecular weight excluding hydrogens is 345 g/mol. The summed E-state index contributed by atoms with van der Waals surface area (Å²) < 4.78 is 19.0. The van der Waals surface area contributed by atoms with Crippen LogP contribution in [-0.2, 0) is 17.7 Å². The quantitative estimate of drug-likeness (QED) is 0.351. The van der Waals surface area contributed by atoms with E-state index in [-0.39, 0.29) is 5.75 Å². The number of hydrogen-bond acceptors (Lipinski definition) is 3. The molecule has 6 heteroatoms. The average molecular weight is 371 g/mol. The lowest BCUT2D eigenvalue weighted by molar-refractivity contribution is 0.146. The van der Waals surface area contributed by atoms with Crippen LogP contribution in [0.5, 0.6) is 5.75 Å². The molecule has 0 saturated heterocycles. The minimum atomic E-state index is -0.407. The molecule has 0 aliphatic carbocycles. The molecule has 3 rings (SSSR count). The molecule has 2 aromatic carbocycles. The van der Waals surface area contributed by atoms with Crippen molar-refractivity contribution in [3.8, 4) is 5.75 Å². The normalized spacial score (nSPS) is 14.1. The Morgan fingerprint density at radius 3 is 2.89 bits per heavy atom. The zero-order chi connectivity index (χ0) is 19.1. The van der Waals surface area contributed by atoms with Gasteiger partial charge in [-0.2, -0.15) is 0 Å². The van der Waals surface area contributed by atoms with E-state index >= 15 is 0 Å². The molecule has 0 amide bonds. The summed E-state index contributed by atoms with van der Waals surface area (Å²) in [5, 5.41) is 13.2. The third-order valence-corrected chi connectivity index (χ3v) is 4.55. The van der Waals surface area contributed by atoms with Gasteiger partial charge in [-0.3, -0.25) is 4.99 Å². The van der Waals surface area contributed by atoms with Crippen molar-refractivity contribution >= 4 is 11.6 Å². The van der Waals surface area contributed by atoms with E-state index in [1.165, 1.54) is 29.3 Å². The van der Waals surface area contributed by atoms with E-state index in [0.29, 0.717) is 31.4 Å². The molecule has 0 saturated carbocycles. The first-order valence-corrected chi connectivity index (χ1v) is 9.37. The van der Waals surface area contributed by atoms with Gasteiger partial charge in [0.25, 0.3) is 0 Å². The molecule has 0 bridgehead atoms. The molecule has 1 aliphatic heterocycles. The van der Waals surface area contributed by atoms with E-state index in [9.17, 15) is 9.50 Å². The molecule has 0 spiro atoms. The van der Waals surface area contributed by atoms with E-state index in [4.69, 9.17) is 4.74 Å². The SMILES string of the molecule is CCOCCCN=C(Nc1cc(F)ccc1O)N1CCc2ccccc2C1. The zero-order valence-electron chi connectivity index (χ0n) is 15.6. The summed E-state index contributed by atoms with van der Waals surface area (Å²) in [5.41, 5.74) is 2.92. The Kier molecular flexibility index (Phi) is 6.65. The van der Waals surface area contributed by atoms with Crippen LogP contribution in [0.4, 0.5) is 10.1 Å². The number of guanidine groups is 1. The molecule has 0 aromatic heterocycles.